The van der Waals surface area contributed by atoms with Gasteiger partial charge in [-0.15, -0.1) is 0 Å². The second kappa shape index (κ2) is 16.9. The lowest BCUT2D eigenvalue weighted by Crippen LogP contribution is -2.27. The number of aromatic nitrogens is 4. The highest BCUT2D eigenvalue weighted by atomic mass is 16.3. The molecule has 3 aliphatic rings. The molecule has 346 valence electrons. The van der Waals surface area contributed by atoms with Crippen LogP contribution in [0.15, 0.2) is 252 Å². The van der Waals surface area contributed by atoms with Crippen LogP contribution in [0.4, 0.5) is 0 Å². The fourth-order valence-electron chi connectivity index (χ4n) is 11.6. The van der Waals surface area contributed by atoms with Gasteiger partial charge < -0.3 is 8.83 Å². The molecule has 0 spiro atoms. The Kier molecular flexibility index (Phi) is 9.60. The Morgan fingerprint density at radius 3 is 1.08 bits per heavy atom. The fourth-order valence-corrected chi connectivity index (χ4v) is 11.6. The molecule has 0 saturated carbocycles. The van der Waals surface area contributed by atoms with Crippen molar-refractivity contribution in [2.75, 3.05) is 0 Å². The van der Waals surface area contributed by atoms with Crippen LogP contribution < -0.4 is 0 Å². The normalized spacial score (nSPS) is 14.2. The zero-order valence-electron chi connectivity index (χ0n) is 39.9. The molecule has 4 heterocycles. The average molecular weight is 947 g/mol. The van der Waals surface area contributed by atoms with E-state index in [9.17, 15) is 0 Å². The summed E-state index contributed by atoms with van der Waals surface area (Å²) in [4.78, 5) is 21.3. The van der Waals surface area contributed by atoms with Gasteiger partial charge in [0.05, 0.1) is 35.3 Å². The van der Waals surface area contributed by atoms with E-state index in [-0.39, 0.29) is 11.8 Å². The van der Waals surface area contributed by atoms with Gasteiger partial charge in [-0.05, 0) is 93.0 Å². The predicted octanol–water partition coefficient (Wildman–Crippen LogP) is 17.1. The molecule has 0 fully saturated rings. The summed E-state index contributed by atoms with van der Waals surface area (Å²) < 4.78 is 11.9. The van der Waals surface area contributed by atoms with Crippen molar-refractivity contribution in [2.24, 2.45) is 0 Å². The molecule has 0 aliphatic heterocycles. The van der Waals surface area contributed by atoms with Gasteiger partial charge in [-0.3, -0.25) is 0 Å². The largest absolute Gasteiger partial charge is 0.464 e. The second-order valence-electron chi connectivity index (χ2n) is 19.3. The fraction of sp³-hybridized carbons (Fsp3) is 0.0294. The Morgan fingerprint density at radius 2 is 0.622 bits per heavy atom. The van der Waals surface area contributed by atoms with Crippen molar-refractivity contribution in [3.05, 3.63) is 276 Å². The van der Waals surface area contributed by atoms with Crippen molar-refractivity contribution in [2.45, 2.75) is 11.8 Å². The molecular weight excluding hydrogens is 905 g/mol. The van der Waals surface area contributed by atoms with E-state index in [0.29, 0.717) is 11.6 Å². The van der Waals surface area contributed by atoms with Crippen LogP contribution >= 0.6 is 0 Å². The number of hydrogen-bond donors (Lipinski definition) is 0. The number of rotatable bonds is 8. The lowest BCUT2D eigenvalue weighted by molar-refractivity contribution is 0.616. The van der Waals surface area contributed by atoms with Crippen LogP contribution in [0.5, 0.6) is 0 Å². The van der Waals surface area contributed by atoms with Gasteiger partial charge in [0.15, 0.2) is 11.6 Å². The molecule has 6 nitrogen and oxygen atoms in total. The van der Waals surface area contributed by atoms with Crippen LogP contribution in [0.25, 0.3) is 112 Å². The Balaban J connectivity index is 0.835. The van der Waals surface area contributed by atoms with Crippen molar-refractivity contribution < 1.29 is 8.83 Å². The Bertz CT molecular complexity index is 4070. The van der Waals surface area contributed by atoms with Crippen molar-refractivity contribution in [3.8, 4) is 90.1 Å². The van der Waals surface area contributed by atoms with Crippen LogP contribution in [0.2, 0.25) is 0 Å². The van der Waals surface area contributed by atoms with Gasteiger partial charge in [0.1, 0.15) is 11.2 Å². The summed E-state index contributed by atoms with van der Waals surface area (Å²) in [5, 5.41) is 2.16. The Labute approximate surface area is 427 Å². The van der Waals surface area contributed by atoms with Gasteiger partial charge in [0, 0.05) is 67.1 Å². The van der Waals surface area contributed by atoms with Gasteiger partial charge in [-0.2, -0.15) is 0 Å². The van der Waals surface area contributed by atoms with Crippen LogP contribution in [-0.2, 0) is 0 Å². The van der Waals surface area contributed by atoms with Crippen LogP contribution in [0.1, 0.15) is 45.2 Å². The van der Waals surface area contributed by atoms with E-state index in [2.05, 4.69) is 194 Å². The van der Waals surface area contributed by atoms with Crippen molar-refractivity contribution in [1.82, 2.24) is 19.9 Å². The van der Waals surface area contributed by atoms with Gasteiger partial charge in [-0.25, -0.2) is 19.9 Å². The molecule has 0 amide bonds. The number of fused-ring (bicyclic) bond motifs is 2. The third-order valence-electron chi connectivity index (χ3n) is 15.0. The maximum atomic E-state index is 5.97. The van der Waals surface area contributed by atoms with Gasteiger partial charge in [0.25, 0.3) is 0 Å². The van der Waals surface area contributed by atoms with Crippen molar-refractivity contribution >= 4 is 21.9 Å². The summed E-state index contributed by atoms with van der Waals surface area (Å²) in [6, 6.07) is 81.2. The predicted molar refractivity (Wildman–Crippen MR) is 295 cm³/mol. The topological polar surface area (TPSA) is 77.8 Å². The van der Waals surface area contributed by atoms with E-state index in [4.69, 9.17) is 28.8 Å². The number of para-hydroxylation sites is 2. The highest BCUT2D eigenvalue weighted by Crippen LogP contribution is 2.57. The average Bonchev–Trinajstić information content (AvgIpc) is 4.13. The zero-order chi connectivity index (χ0) is 48.7. The Morgan fingerprint density at radius 1 is 0.257 bits per heavy atom. The molecule has 4 aromatic heterocycles. The van der Waals surface area contributed by atoms with Gasteiger partial charge >= 0.3 is 0 Å². The molecule has 0 saturated heterocycles. The minimum Gasteiger partial charge on any atom is -0.464 e. The minimum atomic E-state index is 0.0160. The van der Waals surface area contributed by atoms with Crippen LogP contribution in [0.3, 0.4) is 0 Å². The van der Waals surface area contributed by atoms with Gasteiger partial charge in [-0.1, -0.05) is 182 Å². The zero-order valence-corrected chi connectivity index (χ0v) is 39.9. The van der Waals surface area contributed by atoms with Gasteiger partial charge in [0.2, 0.25) is 0 Å². The first-order chi connectivity index (χ1) is 36.6. The first kappa shape index (κ1) is 42.0. The van der Waals surface area contributed by atoms with Crippen LogP contribution in [-0.4, -0.2) is 19.9 Å². The molecule has 74 heavy (non-hydrogen) atoms. The van der Waals surface area contributed by atoms with E-state index < -0.39 is 0 Å². The van der Waals surface area contributed by atoms with E-state index >= 15 is 0 Å². The highest BCUT2D eigenvalue weighted by Gasteiger charge is 2.41. The summed E-state index contributed by atoms with van der Waals surface area (Å²) in [6.45, 7) is 0. The molecule has 16 rings (SSSR count). The quantitative estimate of drug-likeness (QED) is 0.151. The minimum absolute atomic E-state index is 0.0160. The number of benzene rings is 9. The standard InChI is InChI=1S/C68H42N4O2/c1-3-15-41(16-4-1)59-37-61(45-21-13-19-43(33-45)57-39-73-63-27-11-9-23-49(57)63)71-67(69-59)47-29-31-53-55(35-47)65-51-25-7-8-26-52(51)66(53)56-36-48(30-32-54(56)65)68-70-60(42-17-5-2-6-18-42)38-62(72-68)46-22-14-20-44(34-46)58-40-74-64-28-12-10-24-50(58)64/h1-40,65-66H. The lowest BCUT2D eigenvalue weighted by Gasteiger charge is -2.42. The summed E-state index contributed by atoms with van der Waals surface area (Å²) in [5.74, 6) is 1.40. The molecule has 0 N–H and O–H groups in total. The van der Waals surface area contributed by atoms with E-state index in [1.54, 1.807) is 0 Å². The summed E-state index contributed by atoms with van der Waals surface area (Å²) in [6.07, 6.45) is 3.70. The first-order valence-corrected chi connectivity index (χ1v) is 25.1. The maximum Gasteiger partial charge on any atom is 0.160 e. The van der Waals surface area contributed by atoms with E-state index in [1.807, 2.05) is 48.9 Å². The van der Waals surface area contributed by atoms with E-state index in [0.717, 1.165) is 100 Å². The molecule has 13 aromatic rings. The molecule has 6 heteroatoms. The molecule has 2 bridgehead atoms. The SMILES string of the molecule is c1ccc(-c2cc(-c3cccc(-c4coc5ccccc45)c3)nc(-c3ccc4c(c3)C3c5ccccc5C4c4cc(-c5nc(-c6ccccc6)cc(-c6cccc(-c7coc8ccccc78)c6)n5)ccc43)n2)cc1. The number of hydrogen-bond acceptors (Lipinski definition) is 6. The third-order valence-corrected chi connectivity index (χ3v) is 15.0. The maximum absolute atomic E-state index is 5.97. The molecule has 3 aliphatic carbocycles. The summed E-state index contributed by atoms with van der Waals surface area (Å²) >= 11 is 0. The Hall–Kier alpha value is -9.78. The molecular formula is C68H42N4O2. The van der Waals surface area contributed by atoms with Crippen molar-refractivity contribution in [3.63, 3.8) is 0 Å². The molecule has 0 radical (unpaired) electrons. The monoisotopic (exact) mass is 946 g/mol. The third kappa shape index (κ3) is 6.95. The van der Waals surface area contributed by atoms with E-state index in [1.165, 1.54) is 33.4 Å². The second-order valence-corrected chi connectivity index (χ2v) is 19.3. The first-order valence-electron chi connectivity index (χ1n) is 25.1. The van der Waals surface area contributed by atoms with Crippen molar-refractivity contribution in [1.29, 1.82) is 0 Å². The summed E-state index contributed by atoms with van der Waals surface area (Å²) in [7, 11) is 0. The molecule has 2 atom stereocenters. The highest BCUT2D eigenvalue weighted by molar-refractivity contribution is 5.96. The van der Waals surface area contributed by atoms with Crippen LogP contribution in [0, 0.1) is 0 Å². The summed E-state index contributed by atoms with van der Waals surface area (Å²) in [5.41, 5.74) is 23.3. The number of nitrogens with zero attached hydrogens (tertiary/aromatic N) is 4. The smallest absolute Gasteiger partial charge is 0.160 e. The number of furan rings is 2. The molecule has 9 aromatic carbocycles. The molecule has 2 unspecified atom stereocenters. The lowest BCUT2D eigenvalue weighted by atomic mass is 9.61.